The highest BCUT2D eigenvalue weighted by Gasteiger charge is 2.27. The summed E-state index contributed by atoms with van der Waals surface area (Å²) in [7, 11) is 1.54. The van der Waals surface area contributed by atoms with E-state index in [1.165, 1.54) is 18.4 Å². The molecule has 2 amide bonds. The molecule has 26 heavy (non-hydrogen) atoms. The van der Waals surface area contributed by atoms with Crippen LogP contribution < -0.4 is 15.8 Å². The minimum atomic E-state index is -0.495. The first kappa shape index (κ1) is 16.6. The van der Waals surface area contributed by atoms with Gasteiger partial charge in [0.15, 0.2) is 0 Å². The molecule has 1 aromatic heterocycles. The molecular formula is C20H18N2O3S. The summed E-state index contributed by atoms with van der Waals surface area (Å²) in [4.78, 5) is 26.0. The van der Waals surface area contributed by atoms with Crippen LogP contribution in [0, 0.1) is 0 Å². The minimum absolute atomic E-state index is 0.310. The fourth-order valence-electron chi connectivity index (χ4n) is 3.49. The highest BCUT2D eigenvalue weighted by Crippen LogP contribution is 2.39. The van der Waals surface area contributed by atoms with Gasteiger partial charge in [-0.15, -0.1) is 11.3 Å². The normalized spacial score (nSPS) is 12.8. The second-order valence-corrected chi connectivity index (χ2v) is 7.38. The van der Waals surface area contributed by atoms with Crippen molar-refractivity contribution in [1.82, 2.24) is 0 Å². The third-order valence-corrected chi connectivity index (χ3v) is 5.91. The Morgan fingerprint density at radius 1 is 1.15 bits per heavy atom. The zero-order chi connectivity index (χ0) is 18.3. The van der Waals surface area contributed by atoms with E-state index in [1.807, 2.05) is 30.3 Å². The number of thiophene rings is 1. The molecule has 0 saturated heterocycles. The number of rotatable bonds is 4. The molecule has 0 fully saturated rings. The maximum absolute atomic E-state index is 12.9. The number of nitrogens with two attached hydrogens (primary N) is 1. The van der Waals surface area contributed by atoms with Crippen molar-refractivity contribution >= 4 is 38.9 Å². The van der Waals surface area contributed by atoms with E-state index in [0.717, 1.165) is 40.5 Å². The van der Waals surface area contributed by atoms with Crippen LogP contribution in [-0.4, -0.2) is 18.9 Å². The van der Waals surface area contributed by atoms with Crippen molar-refractivity contribution in [3.63, 3.8) is 0 Å². The highest BCUT2D eigenvalue weighted by molar-refractivity contribution is 7.17. The summed E-state index contributed by atoms with van der Waals surface area (Å²) in [6.45, 7) is 0. The Kier molecular flexibility index (Phi) is 4.12. The maximum atomic E-state index is 12.9. The van der Waals surface area contributed by atoms with Gasteiger partial charge in [-0.1, -0.05) is 24.3 Å². The Morgan fingerprint density at radius 2 is 1.88 bits per heavy atom. The Labute approximate surface area is 154 Å². The first-order valence-corrected chi connectivity index (χ1v) is 9.22. The van der Waals surface area contributed by atoms with Crippen molar-refractivity contribution in [2.45, 2.75) is 19.3 Å². The van der Waals surface area contributed by atoms with Crippen molar-refractivity contribution in [3.05, 3.63) is 58.0 Å². The van der Waals surface area contributed by atoms with Gasteiger partial charge in [0, 0.05) is 4.88 Å². The monoisotopic (exact) mass is 366 g/mol. The van der Waals surface area contributed by atoms with E-state index in [0.29, 0.717) is 21.9 Å². The SMILES string of the molecule is COc1cc2ccccc2cc1C(=O)Nc1sc2c(c1C(N)=O)CCC2. The number of amides is 2. The molecule has 132 valence electrons. The van der Waals surface area contributed by atoms with E-state index >= 15 is 0 Å². The standard InChI is InChI=1S/C20H18N2O3S/c1-25-15-10-12-6-3-2-5-11(12)9-14(15)19(24)22-20-17(18(21)23)13-7-4-8-16(13)26-20/h2-3,5-6,9-10H,4,7-8H2,1H3,(H2,21,23)(H,22,24). The molecule has 3 aromatic rings. The minimum Gasteiger partial charge on any atom is -0.496 e. The summed E-state index contributed by atoms with van der Waals surface area (Å²) in [6, 6.07) is 11.4. The summed E-state index contributed by atoms with van der Waals surface area (Å²) >= 11 is 1.44. The Morgan fingerprint density at radius 3 is 2.58 bits per heavy atom. The van der Waals surface area contributed by atoms with Gasteiger partial charge in [0.2, 0.25) is 0 Å². The van der Waals surface area contributed by atoms with Crippen molar-refractivity contribution in [2.75, 3.05) is 12.4 Å². The molecule has 4 rings (SSSR count). The summed E-state index contributed by atoms with van der Waals surface area (Å²) in [5.41, 5.74) is 7.44. The molecular weight excluding hydrogens is 348 g/mol. The molecule has 0 bridgehead atoms. The quantitative estimate of drug-likeness (QED) is 0.738. The predicted molar refractivity (Wildman–Crippen MR) is 103 cm³/mol. The van der Waals surface area contributed by atoms with Gasteiger partial charge < -0.3 is 15.8 Å². The summed E-state index contributed by atoms with van der Waals surface area (Å²) in [6.07, 6.45) is 2.78. The van der Waals surface area contributed by atoms with E-state index in [2.05, 4.69) is 5.32 Å². The number of aryl methyl sites for hydroxylation is 1. The van der Waals surface area contributed by atoms with E-state index in [9.17, 15) is 9.59 Å². The molecule has 0 saturated carbocycles. The van der Waals surface area contributed by atoms with Gasteiger partial charge in [-0.05, 0) is 47.7 Å². The molecule has 3 N–H and O–H groups in total. The van der Waals surface area contributed by atoms with Crippen LogP contribution in [0.2, 0.25) is 0 Å². The second kappa shape index (κ2) is 6.46. The number of nitrogens with one attached hydrogen (secondary N) is 1. The number of hydrogen-bond donors (Lipinski definition) is 2. The zero-order valence-electron chi connectivity index (χ0n) is 14.3. The summed E-state index contributed by atoms with van der Waals surface area (Å²) in [5, 5.41) is 5.35. The molecule has 0 radical (unpaired) electrons. The van der Waals surface area contributed by atoms with Crippen molar-refractivity contribution < 1.29 is 14.3 Å². The number of ether oxygens (including phenoxy) is 1. The summed E-state index contributed by atoms with van der Waals surface area (Å²) < 4.78 is 5.40. The predicted octanol–water partition coefficient (Wildman–Crippen LogP) is 3.75. The van der Waals surface area contributed by atoms with Gasteiger partial charge in [0.25, 0.3) is 11.8 Å². The number of benzene rings is 2. The van der Waals surface area contributed by atoms with Gasteiger partial charge in [-0.3, -0.25) is 9.59 Å². The molecule has 2 aromatic carbocycles. The van der Waals surface area contributed by atoms with E-state index in [-0.39, 0.29) is 5.91 Å². The number of fused-ring (bicyclic) bond motifs is 2. The van der Waals surface area contributed by atoms with E-state index < -0.39 is 5.91 Å². The largest absolute Gasteiger partial charge is 0.496 e. The van der Waals surface area contributed by atoms with Crippen LogP contribution in [0.1, 0.15) is 37.6 Å². The molecule has 1 heterocycles. The number of hydrogen-bond acceptors (Lipinski definition) is 4. The van der Waals surface area contributed by atoms with E-state index in [1.54, 1.807) is 6.07 Å². The fraction of sp³-hybridized carbons (Fsp3) is 0.200. The fourth-order valence-corrected chi connectivity index (χ4v) is 4.78. The van der Waals surface area contributed by atoms with Gasteiger partial charge in [0.1, 0.15) is 10.8 Å². The van der Waals surface area contributed by atoms with E-state index in [4.69, 9.17) is 10.5 Å². The van der Waals surface area contributed by atoms with Crippen LogP contribution in [0.5, 0.6) is 5.75 Å². The first-order valence-electron chi connectivity index (χ1n) is 8.41. The van der Waals surface area contributed by atoms with Crippen LogP contribution in [0.15, 0.2) is 36.4 Å². The molecule has 0 atom stereocenters. The molecule has 0 spiro atoms. The number of carbonyl (C=O) groups excluding carboxylic acids is 2. The van der Waals surface area contributed by atoms with Gasteiger partial charge in [-0.25, -0.2) is 0 Å². The average molecular weight is 366 g/mol. The lowest BCUT2D eigenvalue weighted by molar-refractivity contribution is 0.100. The van der Waals surface area contributed by atoms with Crippen molar-refractivity contribution in [1.29, 1.82) is 0 Å². The summed E-state index contributed by atoms with van der Waals surface area (Å²) in [5.74, 6) is -0.314. The zero-order valence-corrected chi connectivity index (χ0v) is 15.1. The number of anilines is 1. The van der Waals surface area contributed by atoms with Crippen LogP contribution in [0.25, 0.3) is 10.8 Å². The van der Waals surface area contributed by atoms with Gasteiger partial charge in [-0.2, -0.15) is 0 Å². The smallest absolute Gasteiger partial charge is 0.260 e. The second-order valence-electron chi connectivity index (χ2n) is 6.28. The van der Waals surface area contributed by atoms with Crippen LogP contribution in [-0.2, 0) is 12.8 Å². The van der Waals surface area contributed by atoms with Crippen LogP contribution in [0.3, 0.4) is 0 Å². The van der Waals surface area contributed by atoms with Gasteiger partial charge >= 0.3 is 0 Å². The molecule has 1 aliphatic rings. The molecule has 1 aliphatic carbocycles. The topological polar surface area (TPSA) is 81.4 Å². The Hall–Kier alpha value is -2.86. The Balaban J connectivity index is 1.73. The third kappa shape index (κ3) is 2.72. The lowest BCUT2D eigenvalue weighted by Gasteiger charge is -2.11. The number of carbonyl (C=O) groups is 2. The number of primary amides is 1. The molecule has 5 nitrogen and oxygen atoms in total. The van der Waals surface area contributed by atoms with Crippen molar-refractivity contribution in [2.24, 2.45) is 5.73 Å². The maximum Gasteiger partial charge on any atom is 0.260 e. The molecule has 0 unspecified atom stereocenters. The lowest BCUT2D eigenvalue weighted by atomic mass is 10.1. The molecule has 0 aliphatic heterocycles. The first-order chi connectivity index (χ1) is 12.6. The number of methoxy groups -OCH3 is 1. The third-order valence-electron chi connectivity index (χ3n) is 4.71. The highest BCUT2D eigenvalue weighted by atomic mass is 32.1. The molecule has 6 heteroatoms. The van der Waals surface area contributed by atoms with Gasteiger partial charge in [0.05, 0.1) is 18.2 Å². The average Bonchev–Trinajstić information content (AvgIpc) is 3.20. The van der Waals surface area contributed by atoms with Crippen molar-refractivity contribution in [3.8, 4) is 5.75 Å². The lowest BCUT2D eigenvalue weighted by Crippen LogP contribution is -2.18. The Bertz CT molecular complexity index is 1040. The van der Waals surface area contributed by atoms with Crippen LogP contribution in [0.4, 0.5) is 5.00 Å². The van der Waals surface area contributed by atoms with Crippen LogP contribution >= 0.6 is 11.3 Å².